The van der Waals surface area contributed by atoms with Gasteiger partial charge in [-0.25, -0.2) is 4.39 Å². The Kier molecular flexibility index (Phi) is 5.95. The number of hydrogen-bond donors (Lipinski definition) is 0. The van der Waals surface area contributed by atoms with Gasteiger partial charge in [0.05, 0.1) is 0 Å². The molecular formula is C18H27FN2O. The van der Waals surface area contributed by atoms with E-state index < -0.39 is 0 Å². The lowest BCUT2D eigenvalue weighted by atomic mass is 9.85. The Morgan fingerprint density at radius 1 is 1.32 bits per heavy atom. The van der Waals surface area contributed by atoms with Gasteiger partial charge in [0.15, 0.2) is 0 Å². The first-order chi connectivity index (χ1) is 10.5. The van der Waals surface area contributed by atoms with Gasteiger partial charge in [0, 0.05) is 31.5 Å². The van der Waals surface area contributed by atoms with Crippen molar-refractivity contribution in [1.29, 1.82) is 0 Å². The molecule has 0 aromatic heterocycles. The lowest BCUT2D eigenvalue weighted by Crippen LogP contribution is -2.49. The summed E-state index contributed by atoms with van der Waals surface area (Å²) in [5, 5.41) is 0. The first-order valence-electron chi connectivity index (χ1n) is 8.22. The second-order valence-electron chi connectivity index (χ2n) is 6.42. The molecule has 0 radical (unpaired) electrons. The number of halogens is 1. The van der Waals surface area contributed by atoms with Gasteiger partial charge in [-0.1, -0.05) is 25.5 Å². The Labute approximate surface area is 133 Å². The molecule has 2 atom stereocenters. The largest absolute Gasteiger partial charge is 0.342 e. The first kappa shape index (κ1) is 16.9. The molecule has 0 saturated carbocycles. The van der Waals surface area contributed by atoms with Crippen LogP contribution in [0.2, 0.25) is 0 Å². The molecule has 1 aromatic carbocycles. The van der Waals surface area contributed by atoms with Crippen LogP contribution >= 0.6 is 0 Å². The van der Waals surface area contributed by atoms with E-state index >= 15 is 0 Å². The van der Waals surface area contributed by atoms with Crippen molar-refractivity contribution in [3.63, 3.8) is 0 Å². The number of piperidine rings is 1. The number of unbranched alkanes of at least 4 members (excludes halogenated alkanes) is 1. The number of benzene rings is 1. The van der Waals surface area contributed by atoms with E-state index in [-0.39, 0.29) is 17.6 Å². The van der Waals surface area contributed by atoms with Crippen molar-refractivity contribution in [2.75, 3.05) is 27.2 Å². The average Bonchev–Trinajstić information content (AvgIpc) is 2.52. The fourth-order valence-corrected chi connectivity index (χ4v) is 3.31. The normalized spacial score (nSPS) is 22.1. The molecule has 1 aliphatic rings. The van der Waals surface area contributed by atoms with Gasteiger partial charge in [-0.2, -0.15) is 0 Å². The van der Waals surface area contributed by atoms with E-state index in [1.54, 1.807) is 0 Å². The summed E-state index contributed by atoms with van der Waals surface area (Å²) >= 11 is 0. The zero-order valence-corrected chi connectivity index (χ0v) is 13.9. The Hall–Kier alpha value is -1.42. The van der Waals surface area contributed by atoms with Crippen LogP contribution in [0, 0.1) is 5.82 Å². The second-order valence-corrected chi connectivity index (χ2v) is 6.42. The van der Waals surface area contributed by atoms with Crippen LogP contribution in [0.1, 0.15) is 44.1 Å². The van der Waals surface area contributed by atoms with Crippen LogP contribution in [0.15, 0.2) is 24.3 Å². The van der Waals surface area contributed by atoms with Crippen LogP contribution in [0.4, 0.5) is 4.39 Å². The summed E-state index contributed by atoms with van der Waals surface area (Å²) in [5.74, 6) is 0.290. The summed E-state index contributed by atoms with van der Waals surface area (Å²) in [6, 6.07) is 7.13. The third-order valence-corrected chi connectivity index (χ3v) is 4.63. The number of hydrogen-bond acceptors (Lipinski definition) is 2. The molecule has 1 saturated heterocycles. The molecular weight excluding hydrogens is 279 g/mol. The minimum atomic E-state index is -0.211. The van der Waals surface area contributed by atoms with E-state index in [9.17, 15) is 9.18 Å². The molecule has 1 fully saturated rings. The Bertz CT molecular complexity index is 486. The molecule has 0 bridgehead atoms. The lowest BCUT2D eigenvalue weighted by Gasteiger charge is -2.42. The van der Waals surface area contributed by atoms with Gasteiger partial charge in [0.1, 0.15) is 5.82 Å². The quantitative estimate of drug-likeness (QED) is 0.833. The summed E-state index contributed by atoms with van der Waals surface area (Å²) in [6.07, 6.45) is 3.60. The minimum Gasteiger partial charge on any atom is -0.342 e. The third kappa shape index (κ3) is 4.07. The number of likely N-dealkylation sites (tertiary alicyclic amines) is 1. The predicted octanol–water partition coefficient (Wildman–Crippen LogP) is 3.26. The molecule has 4 heteroatoms. The zero-order valence-electron chi connectivity index (χ0n) is 13.9. The summed E-state index contributed by atoms with van der Waals surface area (Å²) in [4.78, 5) is 16.5. The third-order valence-electron chi connectivity index (χ3n) is 4.63. The van der Waals surface area contributed by atoms with Crippen LogP contribution in [-0.4, -0.2) is 48.9 Å². The van der Waals surface area contributed by atoms with Crippen LogP contribution in [-0.2, 0) is 4.79 Å². The standard InChI is InChI=1S/C18H27FN2O/c1-4-5-6-18(22)21-12-11-17(20(2)3)16(13-21)14-7-9-15(19)10-8-14/h7-10,16-17H,4-6,11-13H2,1-3H3/t16-,17+/m0/s1. The van der Waals surface area contributed by atoms with Crippen molar-refractivity contribution in [1.82, 2.24) is 9.80 Å². The smallest absolute Gasteiger partial charge is 0.222 e. The Morgan fingerprint density at radius 3 is 2.59 bits per heavy atom. The highest BCUT2D eigenvalue weighted by Crippen LogP contribution is 2.30. The number of likely N-dealkylation sites (N-methyl/N-ethyl adjacent to an activating group) is 1. The van der Waals surface area contributed by atoms with Crippen molar-refractivity contribution in [2.24, 2.45) is 0 Å². The van der Waals surface area contributed by atoms with Crippen molar-refractivity contribution in [3.8, 4) is 0 Å². The second kappa shape index (κ2) is 7.73. The maximum Gasteiger partial charge on any atom is 0.222 e. The van der Waals surface area contributed by atoms with Gasteiger partial charge in [0.25, 0.3) is 0 Å². The van der Waals surface area contributed by atoms with Crippen LogP contribution in [0.3, 0.4) is 0 Å². The molecule has 0 N–H and O–H groups in total. The van der Waals surface area contributed by atoms with Crippen molar-refractivity contribution >= 4 is 5.91 Å². The molecule has 1 aromatic rings. The summed E-state index contributed by atoms with van der Waals surface area (Å²) in [6.45, 7) is 3.66. The van der Waals surface area contributed by atoms with E-state index in [0.29, 0.717) is 12.5 Å². The van der Waals surface area contributed by atoms with Gasteiger partial charge in [-0.15, -0.1) is 0 Å². The van der Waals surface area contributed by atoms with E-state index in [0.717, 1.165) is 37.9 Å². The fourth-order valence-electron chi connectivity index (χ4n) is 3.31. The van der Waals surface area contributed by atoms with Gasteiger partial charge >= 0.3 is 0 Å². The lowest BCUT2D eigenvalue weighted by molar-refractivity contribution is -0.133. The SMILES string of the molecule is CCCCC(=O)N1CC[C@@H](N(C)C)[C@H](c2ccc(F)cc2)C1. The summed E-state index contributed by atoms with van der Waals surface area (Å²) < 4.78 is 13.2. The number of carbonyl (C=O) groups is 1. The maximum atomic E-state index is 13.2. The van der Waals surface area contributed by atoms with Crippen LogP contribution in [0.25, 0.3) is 0 Å². The van der Waals surface area contributed by atoms with Gasteiger partial charge in [-0.05, 0) is 44.6 Å². The van der Waals surface area contributed by atoms with Crippen LogP contribution in [0.5, 0.6) is 0 Å². The molecule has 0 aliphatic carbocycles. The molecule has 1 aliphatic heterocycles. The monoisotopic (exact) mass is 306 g/mol. The van der Waals surface area contributed by atoms with E-state index in [1.165, 1.54) is 12.1 Å². The highest BCUT2D eigenvalue weighted by atomic mass is 19.1. The van der Waals surface area contributed by atoms with Gasteiger partial charge < -0.3 is 9.80 Å². The highest BCUT2D eigenvalue weighted by Gasteiger charge is 2.33. The van der Waals surface area contributed by atoms with Gasteiger partial charge in [0.2, 0.25) is 5.91 Å². The molecule has 22 heavy (non-hydrogen) atoms. The van der Waals surface area contributed by atoms with E-state index in [4.69, 9.17) is 0 Å². The number of rotatable bonds is 5. The van der Waals surface area contributed by atoms with Crippen molar-refractivity contribution in [3.05, 3.63) is 35.6 Å². The molecule has 0 spiro atoms. The average molecular weight is 306 g/mol. The number of carbonyl (C=O) groups excluding carboxylic acids is 1. The topological polar surface area (TPSA) is 23.6 Å². The summed E-state index contributed by atoms with van der Waals surface area (Å²) in [5.41, 5.74) is 1.12. The first-order valence-corrected chi connectivity index (χ1v) is 8.22. The predicted molar refractivity (Wildman–Crippen MR) is 87.3 cm³/mol. The fraction of sp³-hybridized carbons (Fsp3) is 0.611. The molecule has 2 rings (SSSR count). The molecule has 122 valence electrons. The Morgan fingerprint density at radius 2 is 2.00 bits per heavy atom. The Balaban J connectivity index is 2.14. The van der Waals surface area contributed by atoms with E-state index in [2.05, 4.69) is 25.9 Å². The zero-order chi connectivity index (χ0) is 16.1. The molecule has 1 amide bonds. The number of nitrogens with zero attached hydrogens (tertiary/aromatic N) is 2. The summed E-state index contributed by atoms with van der Waals surface area (Å²) in [7, 11) is 4.16. The minimum absolute atomic E-state index is 0.211. The van der Waals surface area contributed by atoms with Crippen molar-refractivity contribution < 1.29 is 9.18 Å². The molecule has 0 unspecified atom stereocenters. The highest BCUT2D eigenvalue weighted by molar-refractivity contribution is 5.76. The molecule has 3 nitrogen and oxygen atoms in total. The van der Waals surface area contributed by atoms with E-state index in [1.807, 2.05) is 17.0 Å². The molecule has 1 heterocycles. The van der Waals surface area contributed by atoms with Gasteiger partial charge in [-0.3, -0.25) is 4.79 Å². The maximum absolute atomic E-state index is 13.2. The van der Waals surface area contributed by atoms with Crippen molar-refractivity contribution in [2.45, 2.75) is 44.6 Å². The van der Waals surface area contributed by atoms with Crippen LogP contribution < -0.4 is 0 Å². The number of amides is 1.